The molecule has 0 bridgehead atoms. The molecule has 1 rings (SSSR count). The van der Waals surface area contributed by atoms with Gasteiger partial charge in [0.2, 0.25) is 0 Å². The Hall–Kier alpha value is -1.77. The standard InChI is InChI=1S/C11H9F6NO2/c12-10(13,14)6-1-5(8(18)4-9(19)20)2-7(3-6)11(15,16)17/h1-3,8H,4,18H2,(H,19,20)/t8-/m0/s1. The van der Waals surface area contributed by atoms with Gasteiger partial charge >= 0.3 is 12.4 Å². The van der Waals surface area contributed by atoms with E-state index in [1.807, 2.05) is 0 Å². The van der Waals surface area contributed by atoms with Crippen LogP contribution in [0.3, 0.4) is 0 Å². The quantitative estimate of drug-likeness (QED) is 0.851. The first-order valence-corrected chi connectivity index (χ1v) is 5.23. The summed E-state index contributed by atoms with van der Waals surface area (Å²) in [5, 5.41) is 10.4. The highest BCUT2D eigenvalue weighted by Crippen LogP contribution is 2.37. The molecule has 0 saturated carbocycles. The summed E-state index contributed by atoms with van der Waals surface area (Å²) in [5.41, 5.74) is -0.233. The Kier molecular flexibility index (Phi) is 4.33. The lowest BCUT2D eigenvalue weighted by Crippen LogP contribution is -2.55. The lowest BCUT2D eigenvalue weighted by Gasteiger charge is -2.16. The minimum Gasteiger partial charge on any atom is -0.550 e. The molecule has 0 amide bonds. The molecule has 3 nitrogen and oxygen atoms in total. The number of carbonyl (C=O) groups excluding carboxylic acids is 1. The Morgan fingerprint density at radius 2 is 1.45 bits per heavy atom. The van der Waals surface area contributed by atoms with Gasteiger partial charge in [-0.25, -0.2) is 0 Å². The number of hydrogen-bond donors (Lipinski definition) is 1. The number of benzene rings is 1. The zero-order chi connectivity index (χ0) is 15.7. The number of aliphatic carboxylic acids is 1. The third-order valence-corrected chi connectivity index (χ3v) is 2.49. The molecule has 0 unspecified atom stereocenters. The van der Waals surface area contributed by atoms with Crippen LogP contribution in [-0.2, 0) is 17.1 Å². The summed E-state index contributed by atoms with van der Waals surface area (Å²) in [6.07, 6.45) is -10.7. The van der Waals surface area contributed by atoms with Crippen molar-refractivity contribution in [2.45, 2.75) is 24.8 Å². The van der Waals surface area contributed by atoms with E-state index in [-0.39, 0.29) is 6.07 Å². The van der Waals surface area contributed by atoms with E-state index in [2.05, 4.69) is 5.73 Å². The van der Waals surface area contributed by atoms with Gasteiger partial charge in [-0.1, -0.05) is 0 Å². The van der Waals surface area contributed by atoms with Gasteiger partial charge in [0.15, 0.2) is 0 Å². The van der Waals surface area contributed by atoms with Gasteiger partial charge < -0.3 is 15.6 Å². The van der Waals surface area contributed by atoms with E-state index in [0.29, 0.717) is 12.1 Å². The maximum atomic E-state index is 12.5. The molecular weight excluding hydrogens is 292 g/mol. The van der Waals surface area contributed by atoms with Crippen LogP contribution >= 0.6 is 0 Å². The van der Waals surface area contributed by atoms with Crippen LogP contribution in [0.25, 0.3) is 0 Å². The number of quaternary nitrogens is 1. The van der Waals surface area contributed by atoms with Crippen LogP contribution in [0.4, 0.5) is 26.3 Å². The Morgan fingerprint density at radius 1 is 1.05 bits per heavy atom. The summed E-state index contributed by atoms with van der Waals surface area (Å²) in [5.74, 6) is -1.61. The number of rotatable bonds is 3. The Labute approximate surface area is 109 Å². The zero-order valence-corrected chi connectivity index (χ0v) is 9.81. The van der Waals surface area contributed by atoms with Crippen molar-refractivity contribution in [3.8, 4) is 0 Å². The van der Waals surface area contributed by atoms with E-state index in [1.165, 1.54) is 0 Å². The molecule has 0 aromatic heterocycles. The molecule has 20 heavy (non-hydrogen) atoms. The first-order valence-electron chi connectivity index (χ1n) is 5.23. The van der Waals surface area contributed by atoms with Crippen LogP contribution in [0.2, 0.25) is 0 Å². The lowest BCUT2D eigenvalue weighted by molar-refractivity contribution is -0.430. The maximum Gasteiger partial charge on any atom is 0.416 e. The number of carbonyl (C=O) groups is 1. The summed E-state index contributed by atoms with van der Waals surface area (Å²) in [6.45, 7) is 0. The third kappa shape index (κ3) is 4.12. The highest BCUT2D eigenvalue weighted by molar-refractivity contribution is 5.65. The summed E-state index contributed by atoms with van der Waals surface area (Å²) in [6, 6.07) is -0.399. The fourth-order valence-electron chi connectivity index (χ4n) is 1.53. The molecule has 0 radical (unpaired) electrons. The van der Waals surface area contributed by atoms with Crippen molar-refractivity contribution >= 4 is 5.97 Å². The first kappa shape index (κ1) is 16.3. The molecule has 0 fully saturated rings. The van der Waals surface area contributed by atoms with Crippen LogP contribution in [0.1, 0.15) is 29.2 Å². The molecule has 1 aromatic carbocycles. The van der Waals surface area contributed by atoms with Crippen molar-refractivity contribution in [1.82, 2.24) is 0 Å². The van der Waals surface area contributed by atoms with Gasteiger partial charge in [-0.05, 0) is 18.2 Å². The van der Waals surface area contributed by atoms with Crippen LogP contribution in [0.5, 0.6) is 0 Å². The topological polar surface area (TPSA) is 67.8 Å². The molecule has 0 spiro atoms. The fraction of sp³-hybridized carbons (Fsp3) is 0.364. The van der Waals surface area contributed by atoms with Gasteiger partial charge in [-0.2, -0.15) is 26.3 Å². The molecule has 0 aliphatic carbocycles. The highest BCUT2D eigenvalue weighted by atomic mass is 19.4. The number of alkyl halides is 6. The molecule has 0 heterocycles. The number of halogens is 6. The van der Waals surface area contributed by atoms with Crippen molar-refractivity contribution < 1.29 is 42.0 Å². The monoisotopic (exact) mass is 301 g/mol. The maximum absolute atomic E-state index is 12.5. The third-order valence-electron chi connectivity index (χ3n) is 2.49. The molecule has 0 saturated heterocycles. The van der Waals surface area contributed by atoms with Crippen LogP contribution in [0.15, 0.2) is 18.2 Å². The van der Waals surface area contributed by atoms with Crippen molar-refractivity contribution in [1.29, 1.82) is 0 Å². The smallest absolute Gasteiger partial charge is 0.416 e. The molecule has 0 aliphatic rings. The van der Waals surface area contributed by atoms with Crippen molar-refractivity contribution in [3.63, 3.8) is 0 Å². The second-order valence-electron chi connectivity index (χ2n) is 4.11. The van der Waals surface area contributed by atoms with Gasteiger partial charge in [0.1, 0.15) is 6.04 Å². The van der Waals surface area contributed by atoms with Gasteiger partial charge in [0, 0.05) is 18.0 Å². The molecule has 1 atom stereocenters. The molecular formula is C11H9F6NO2. The van der Waals surface area contributed by atoms with Gasteiger partial charge in [0.05, 0.1) is 11.1 Å². The predicted octanol–water partition coefficient (Wildman–Crippen LogP) is 1.15. The van der Waals surface area contributed by atoms with Crippen LogP contribution < -0.4 is 10.8 Å². The molecule has 1 aromatic rings. The van der Waals surface area contributed by atoms with Crippen LogP contribution in [0, 0.1) is 0 Å². The first-order chi connectivity index (χ1) is 8.91. The summed E-state index contributed by atoms with van der Waals surface area (Å²) in [4.78, 5) is 10.4. The van der Waals surface area contributed by atoms with Crippen LogP contribution in [-0.4, -0.2) is 5.97 Å². The number of carboxylic acid groups (broad SMARTS) is 1. The lowest BCUT2D eigenvalue weighted by atomic mass is 9.98. The molecule has 3 N–H and O–H groups in total. The normalized spacial score (nSPS) is 14.2. The van der Waals surface area contributed by atoms with Gasteiger partial charge in [0.25, 0.3) is 0 Å². The Bertz CT molecular complexity index is 476. The predicted molar refractivity (Wildman–Crippen MR) is 51.7 cm³/mol. The average molecular weight is 301 g/mol. The van der Waals surface area contributed by atoms with Crippen molar-refractivity contribution in [3.05, 3.63) is 34.9 Å². The SMILES string of the molecule is [NH3+][C@@H](CC(=O)[O-])c1cc(C(F)(F)F)cc(C(F)(F)F)c1. The van der Waals surface area contributed by atoms with E-state index in [0.717, 1.165) is 0 Å². The largest absolute Gasteiger partial charge is 0.550 e. The van der Waals surface area contributed by atoms with E-state index >= 15 is 0 Å². The molecule has 0 aliphatic heterocycles. The fourth-order valence-corrected chi connectivity index (χ4v) is 1.53. The van der Waals surface area contributed by atoms with Crippen molar-refractivity contribution in [2.24, 2.45) is 0 Å². The van der Waals surface area contributed by atoms with Crippen molar-refractivity contribution in [2.75, 3.05) is 0 Å². The Morgan fingerprint density at radius 3 is 1.75 bits per heavy atom. The molecule has 112 valence electrons. The second kappa shape index (κ2) is 5.31. The number of carboxylic acids is 1. The van der Waals surface area contributed by atoms with E-state index in [1.54, 1.807) is 0 Å². The number of hydrogen-bond acceptors (Lipinski definition) is 2. The van der Waals surface area contributed by atoms with E-state index < -0.39 is 47.5 Å². The minimum absolute atomic E-state index is 0.0325. The average Bonchev–Trinajstić information content (AvgIpc) is 2.25. The van der Waals surface area contributed by atoms with Gasteiger partial charge in [-0.3, -0.25) is 0 Å². The Balaban J connectivity index is 3.34. The second-order valence-corrected chi connectivity index (χ2v) is 4.11. The summed E-state index contributed by atoms with van der Waals surface area (Å²) < 4.78 is 75.3. The highest BCUT2D eigenvalue weighted by Gasteiger charge is 2.37. The molecule has 9 heteroatoms. The summed E-state index contributed by atoms with van der Waals surface area (Å²) >= 11 is 0. The van der Waals surface area contributed by atoms with E-state index in [4.69, 9.17) is 0 Å². The van der Waals surface area contributed by atoms with Gasteiger partial charge in [-0.15, -0.1) is 0 Å². The minimum atomic E-state index is -4.97. The summed E-state index contributed by atoms with van der Waals surface area (Å²) in [7, 11) is 0. The zero-order valence-electron chi connectivity index (χ0n) is 9.81. The van der Waals surface area contributed by atoms with E-state index in [9.17, 15) is 36.2 Å².